The fourth-order valence-corrected chi connectivity index (χ4v) is 4.70. The number of rotatable bonds is 5. The summed E-state index contributed by atoms with van der Waals surface area (Å²) >= 11 is 1.74. The molecule has 1 atom stereocenters. The molecule has 116 valence electrons. The summed E-state index contributed by atoms with van der Waals surface area (Å²) in [5.41, 5.74) is 1.44. The summed E-state index contributed by atoms with van der Waals surface area (Å²) in [7, 11) is 0. The molecule has 0 radical (unpaired) electrons. The summed E-state index contributed by atoms with van der Waals surface area (Å²) in [5.74, 6) is 0.255. The number of nitrogens with zero attached hydrogens (tertiary/aromatic N) is 1. The third-order valence-electron chi connectivity index (χ3n) is 4.59. The van der Waals surface area contributed by atoms with Gasteiger partial charge in [0, 0.05) is 24.0 Å². The van der Waals surface area contributed by atoms with Crippen molar-refractivity contribution in [2.75, 3.05) is 19.6 Å². The van der Waals surface area contributed by atoms with Crippen LogP contribution in [-0.2, 0) is 12.8 Å². The van der Waals surface area contributed by atoms with E-state index in [1.165, 1.54) is 42.5 Å². The number of hydrogen-bond donors (Lipinski definition) is 1. The van der Waals surface area contributed by atoms with Gasteiger partial charge in [-0.3, -0.25) is 4.79 Å². The summed E-state index contributed by atoms with van der Waals surface area (Å²) in [4.78, 5) is 17.3. The molecule has 1 aromatic rings. The van der Waals surface area contributed by atoms with E-state index in [1.807, 2.05) is 0 Å². The minimum Gasteiger partial charge on any atom is -0.336 e. The summed E-state index contributed by atoms with van der Waals surface area (Å²) in [6.45, 7) is 5.00. The predicted molar refractivity (Wildman–Crippen MR) is 88.2 cm³/mol. The van der Waals surface area contributed by atoms with Gasteiger partial charge in [-0.1, -0.05) is 6.92 Å². The molecular weight excluding hydrogens is 280 g/mol. The number of carbonyl (C=O) groups excluding carboxylic acids is 1. The molecule has 2 aliphatic rings. The van der Waals surface area contributed by atoms with Gasteiger partial charge in [0.15, 0.2) is 0 Å². The molecule has 3 nitrogen and oxygen atoms in total. The Kier molecular flexibility index (Phi) is 4.96. The lowest BCUT2D eigenvalue weighted by atomic mass is 9.99. The van der Waals surface area contributed by atoms with E-state index in [2.05, 4.69) is 23.2 Å². The highest BCUT2D eigenvalue weighted by Gasteiger charge is 2.24. The minimum absolute atomic E-state index is 0.255. The van der Waals surface area contributed by atoms with Crippen molar-refractivity contribution in [2.45, 2.75) is 57.9 Å². The van der Waals surface area contributed by atoms with Gasteiger partial charge < -0.3 is 10.2 Å². The smallest absolute Gasteiger partial charge is 0.263 e. The summed E-state index contributed by atoms with van der Waals surface area (Å²) in [5, 5.41) is 3.51. The molecule has 1 aliphatic carbocycles. The van der Waals surface area contributed by atoms with Crippen LogP contribution in [0.3, 0.4) is 0 Å². The van der Waals surface area contributed by atoms with Crippen LogP contribution in [0.1, 0.15) is 59.1 Å². The average Bonchev–Trinajstić information content (AvgIpc) is 3.14. The molecule has 0 spiro atoms. The minimum atomic E-state index is 0.255. The van der Waals surface area contributed by atoms with Crippen molar-refractivity contribution >= 4 is 17.2 Å². The second kappa shape index (κ2) is 6.93. The van der Waals surface area contributed by atoms with E-state index >= 15 is 0 Å². The number of fused-ring (bicyclic) bond motifs is 1. The van der Waals surface area contributed by atoms with Gasteiger partial charge >= 0.3 is 0 Å². The Morgan fingerprint density at radius 1 is 1.38 bits per heavy atom. The van der Waals surface area contributed by atoms with Crippen LogP contribution in [0.5, 0.6) is 0 Å². The van der Waals surface area contributed by atoms with Crippen molar-refractivity contribution < 1.29 is 4.79 Å². The van der Waals surface area contributed by atoms with Crippen LogP contribution in [0, 0.1) is 0 Å². The largest absolute Gasteiger partial charge is 0.336 e. The number of carbonyl (C=O) groups is 1. The quantitative estimate of drug-likeness (QED) is 0.906. The molecule has 1 amide bonds. The van der Waals surface area contributed by atoms with Crippen molar-refractivity contribution in [1.82, 2.24) is 10.2 Å². The first-order chi connectivity index (χ1) is 10.3. The highest BCUT2D eigenvalue weighted by Crippen LogP contribution is 2.30. The third kappa shape index (κ3) is 3.49. The molecule has 1 unspecified atom stereocenters. The van der Waals surface area contributed by atoms with Gasteiger partial charge in [-0.2, -0.15) is 0 Å². The molecule has 4 heteroatoms. The van der Waals surface area contributed by atoms with Crippen LogP contribution in [-0.4, -0.2) is 36.5 Å². The van der Waals surface area contributed by atoms with Gasteiger partial charge in [-0.15, -0.1) is 11.3 Å². The summed E-state index contributed by atoms with van der Waals surface area (Å²) in [6.07, 6.45) is 8.38. The predicted octanol–water partition coefficient (Wildman–Crippen LogP) is 3.23. The Morgan fingerprint density at radius 2 is 2.24 bits per heavy atom. The van der Waals surface area contributed by atoms with E-state index in [-0.39, 0.29) is 5.91 Å². The zero-order chi connectivity index (χ0) is 14.7. The SMILES string of the molecule is CCCN(CC1CCCN1)C(=O)c1cc2c(s1)CCCC2. The van der Waals surface area contributed by atoms with Crippen molar-refractivity contribution in [3.05, 3.63) is 21.4 Å². The van der Waals surface area contributed by atoms with Gasteiger partial charge in [-0.25, -0.2) is 0 Å². The van der Waals surface area contributed by atoms with Crippen LogP contribution in [0.15, 0.2) is 6.07 Å². The van der Waals surface area contributed by atoms with Crippen LogP contribution < -0.4 is 5.32 Å². The molecule has 0 aromatic carbocycles. The fourth-order valence-electron chi connectivity index (χ4n) is 3.48. The van der Waals surface area contributed by atoms with E-state index < -0.39 is 0 Å². The van der Waals surface area contributed by atoms with Crippen LogP contribution in [0.25, 0.3) is 0 Å². The first kappa shape index (κ1) is 15.0. The zero-order valence-electron chi connectivity index (χ0n) is 13.0. The molecule has 3 rings (SSSR count). The second-order valence-electron chi connectivity index (χ2n) is 6.31. The standard InChI is InChI=1S/C17H26N2OS/c1-2-10-19(12-14-7-5-9-18-14)17(20)16-11-13-6-3-4-8-15(13)21-16/h11,14,18H,2-10,12H2,1H3. The lowest BCUT2D eigenvalue weighted by Crippen LogP contribution is -2.41. The van der Waals surface area contributed by atoms with Gasteiger partial charge in [0.05, 0.1) is 4.88 Å². The number of hydrogen-bond acceptors (Lipinski definition) is 3. The maximum Gasteiger partial charge on any atom is 0.263 e. The van der Waals surface area contributed by atoms with E-state index in [4.69, 9.17) is 0 Å². The molecule has 1 saturated heterocycles. The first-order valence-corrected chi connectivity index (χ1v) is 9.24. The highest BCUT2D eigenvalue weighted by atomic mass is 32.1. The Labute approximate surface area is 131 Å². The number of thiophene rings is 1. The lowest BCUT2D eigenvalue weighted by Gasteiger charge is -2.25. The summed E-state index contributed by atoms with van der Waals surface area (Å²) in [6, 6.07) is 2.67. The molecule has 1 aromatic heterocycles. The normalized spacial score (nSPS) is 21.3. The maximum absolute atomic E-state index is 12.8. The topological polar surface area (TPSA) is 32.3 Å². The van der Waals surface area contributed by atoms with E-state index in [9.17, 15) is 4.79 Å². The molecular formula is C17H26N2OS. The second-order valence-corrected chi connectivity index (χ2v) is 7.45. The monoisotopic (exact) mass is 306 g/mol. The molecule has 21 heavy (non-hydrogen) atoms. The van der Waals surface area contributed by atoms with Crippen molar-refractivity contribution in [2.24, 2.45) is 0 Å². The number of aryl methyl sites for hydroxylation is 2. The number of nitrogens with one attached hydrogen (secondary N) is 1. The Morgan fingerprint density at radius 3 is 2.95 bits per heavy atom. The van der Waals surface area contributed by atoms with Crippen LogP contribution in [0.4, 0.5) is 0 Å². The molecule has 0 saturated carbocycles. The molecule has 1 fully saturated rings. The molecule has 1 N–H and O–H groups in total. The van der Waals surface area contributed by atoms with Gasteiger partial charge in [-0.05, 0) is 63.1 Å². The van der Waals surface area contributed by atoms with Crippen LogP contribution >= 0.6 is 11.3 Å². The van der Waals surface area contributed by atoms with Gasteiger partial charge in [0.25, 0.3) is 5.91 Å². The lowest BCUT2D eigenvalue weighted by molar-refractivity contribution is 0.0746. The fraction of sp³-hybridized carbons (Fsp3) is 0.706. The van der Waals surface area contributed by atoms with Gasteiger partial charge in [0.2, 0.25) is 0 Å². The Balaban J connectivity index is 1.71. The van der Waals surface area contributed by atoms with E-state index in [1.54, 1.807) is 11.3 Å². The molecule has 2 heterocycles. The first-order valence-electron chi connectivity index (χ1n) is 8.42. The van der Waals surface area contributed by atoms with Gasteiger partial charge in [0.1, 0.15) is 0 Å². The van der Waals surface area contributed by atoms with Crippen molar-refractivity contribution in [3.8, 4) is 0 Å². The van der Waals surface area contributed by atoms with E-state index in [0.717, 1.165) is 37.4 Å². The third-order valence-corrected chi connectivity index (χ3v) is 5.82. The van der Waals surface area contributed by atoms with Crippen molar-refractivity contribution in [1.29, 1.82) is 0 Å². The zero-order valence-corrected chi connectivity index (χ0v) is 13.8. The molecule has 0 bridgehead atoms. The summed E-state index contributed by atoms with van der Waals surface area (Å²) < 4.78 is 0. The maximum atomic E-state index is 12.8. The average molecular weight is 306 g/mol. The van der Waals surface area contributed by atoms with E-state index in [0.29, 0.717) is 6.04 Å². The van der Waals surface area contributed by atoms with Crippen molar-refractivity contribution in [3.63, 3.8) is 0 Å². The molecule has 1 aliphatic heterocycles. The number of amides is 1. The van der Waals surface area contributed by atoms with Crippen LogP contribution in [0.2, 0.25) is 0 Å². The Hall–Kier alpha value is -0.870. The Bertz CT molecular complexity index is 467. The highest BCUT2D eigenvalue weighted by molar-refractivity contribution is 7.14.